The standard InChI is InChI=1S/C40H69N2/c1-3-5-7-9-11-13-14-15-16-17-18-19-20-21-23-28-32-38(36-37-30-26-25-27-31-37)39(40-41-34-35-42-40)33-29-24-22-12-10-8-6-4-2/h25-27,30-31,34-35,38-39H,3-24,28-29,32-33,36H2,1-2H3/q+1. The molecule has 0 N–H and O–H groups in total. The van der Waals surface area contributed by atoms with Crippen LogP contribution >= 0.6 is 0 Å². The first kappa shape index (κ1) is 36.6. The van der Waals surface area contributed by atoms with Crippen molar-refractivity contribution in [2.24, 2.45) is 21.8 Å². The number of unbranched alkanes of at least 4 members (excludes halogenated alkanes) is 22. The molecule has 1 heterocycles. The van der Waals surface area contributed by atoms with Gasteiger partial charge in [-0.15, -0.1) is 0 Å². The predicted molar refractivity (Wildman–Crippen MR) is 189 cm³/mol. The molecule has 0 spiro atoms. The molecular formula is C40H69N2+. The summed E-state index contributed by atoms with van der Waals surface area (Å²) in [5.41, 5.74) is 1.48. The molecule has 0 aliphatic carbocycles. The Balaban J connectivity index is 1.65. The van der Waals surface area contributed by atoms with E-state index in [4.69, 9.17) is 9.98 Å². The van der Waals surface area contributed by atoms with Gasteiger partial charge in [0.1, 0.15) is 0 Å². The van der Waals surface area contributed by atoms with Crippen molar-refractivity contribution in [2.75, 3.05) is 0 Å². The highest BCUT2D eigenvalue weighted by Gasteiger charge is 2.35. The fourth-order valence-corrected chi connectivity index (χ4v) is 6.83. The van der Waals surface area contributed by atoms with Crippen LogP contribution in [0.1, 0.15) is 186 Å². The second-order valence-corrected chi connectivity index (χ2v) is 13.3. The highest BCUT2D eigenvalue weighted by Crippen LogP contribution is 2.37. The Morgan fingerprint density at radius 1 is 0.476 bits per heavy atom. The van der Waals surface area contributed by atoms with Crippen molar-refractivity contribution >= 4 is 12.4 Å². The van der Waals surface area contributed by atoms with Gasteiger partial charge in [-0.05, 0) is 30.7 Å². The van der Waals surface area contributed by atoms with Crippen LogP contribution in [0, 0.1) is 18.0 Å². The molecule has 2 rings (SSSR count). The normalized spacial score (nSPS) is 14.2. The number of benzene rings is 1. The van der Waals surface area contributed by atoms with Crippen molar-refractivity contribution in [3.05, 3.63) is 42.1 Å². The molecule has 42 heavy (non-hydrogen) atoms. The topological polar surface area (TPSA) is 24.7 Å². The van der Waals surface area contributed by atoms with E-state index in [9.17, 15) is 0 Å². The van der Waals surface area contributed by atoms with Crippen LogP contribution in [0.15, 0.2) is 40.3 Å². The Morgan fingerprint density at radius 3 is 1.29 bits per heavy atom. The molecule has 0 saturated heterocycles. The van der Waals surface area contributed by atoms with Gasteiger partial charge in [0.05, 0.1) is 5.92 Å². The lowest BCUT2D eigenvalue weighted by molar-refractivity contribution is 0.284. The molecule has 1 aliphatic rings. The Bertz CT molecular complexity index is 742. The van der Waals surface area contributed by atoms with Crippen molar-refractivity contribution in [3.8, 4) is 0 Å². The summed E-state index contributed by atoms with van der Waals surface area (Å²) in [6.07, 6.45) is 42.6. The minimum absolute atomic E-state index is 0.497. The van der Waals surface area contributed by atoms with E-state index in [1.165, 1.54) is 173 Å². The average molecular weight is 578 g/mol. The van der Waals surface area contributed by atoms with Crippen molar-refractivity contribution in [2.45, 2.75) is 187 Å². The summed E-state index contributed by atoms with van der Waals surface area (Å²) in [5, 5.41) is 0. The van der Waals surface area contributed by atoms with Crippen LogP contribution in [0.25, 0.3) is 0 Å². The van der Waals surface area contributed by atoms with Crippen LogP contribution < -0.4 is 0 Å². The second-order valence-electron chi connectivity index (χ2n) is 13.3. The third kappa shape index (κ3) is 18.9. The van der Waals surface area contributed by atoms with Crippen LogP contribution in [0.3, 0.4) is 0 Å². The fraction of sp³-hybridized carbons (Fsp3) is 0.775. The zero-order valence-electron chi connectivity index (χ0n) is 28.2. The van der Waals surface area contributed by atoms with Crippen molar-refractivity contribution < 1.29 is 0 Å². The van der Waals surface area contributed by atoms with Gasteiger partial charge in [-0.2, -0.15) is 0 Å². The van der Waals surface area contributed by atoms with Gasteiger partial charge in [-0.1, -0.05) is 208 Å². The highest BCUT2D eigenvalue weighted by atomic mass is 15.0. The number of aliphatic imine (C=N–C) groups is 2. The first-order valence-corrected chi connectivity index (χ1v) is 18.8. The van der Waals surface area contributed by atoms with E-state index in [0.717, 1.165) is 12.6 Å². The number of nitrogens with zero attached hydrogens (tertiary/aromatic N) is 2. The third-order valence-electron chi connectivity index (χ3n) is 9.52. The lowest BCUT2D eigenvalue weighted by Crippen LogP contribution is -2.22. The molecule has 0 aromatic heterocycles. The first-order chi connectivity index (χ1) is 20.8. The molecule has 1 aromatic carbocycles. The molecule has 2 unspecified atom stereocenters. The van der Waals surface area contributed by atoms with Crippen LogP contribution in [-0.4, -0.2) is 12.4 Å². The zero-order chi connectivity index (χ0) is 29.8. The fourth-order valence-electron chi connectivity index (χ4n) is 6.83. The lowest BCUT2D eigenvalue weighted by atomic mass is 9.78. The summed E-state index contributed by atoms with van der Waals surface area (Å²) in [4.78, 5) is 9.48. The van der Waals surface area contributed by atoms with Crippen molar-refractivity contribution in [1.29, 1.82) is 0 Å². The Labute approximate surface area is 263 Å². The molecule has 2 heteroatoms. The summed E-state index contributed by atoms with van der Waals surface area (Å²) in [7, 11) is 0. The summed E-state index contributed by atoms with van der Waals surface area (Å²) in [6.45, 7) is 4.61. The Hall–Kier alpha value is -1.57. The molecule has 2 atom stereocenters. The van der Waals surface area contributed by atoms with E-state index in [0.29, 0.717) is 11.8 Å². The van der Waals surface area contributed by atoms with Crippen LogP contribution in [0.2, 0.25) is 0 Å². The summed E-state index contributed by atoms with van der Waals surface area (Å²) < 4.78 is 0. The van der Waals surface area contributed by atoms with Crippen LogP contribution in [-0.2, 0) is 6.42 Å². The lowest BCUT2D eigenvalue weighted by Gasteiger charge is -2.26. The molecule has 238 valence electrons. The SMILES string of the molecule is CCCCCCCCCCCCCCCCCCC(Cc1ccccc1)C(CCCCCCCCCC)[C+]1N=CC=N1. The predicted octanol–water partition coefficient (Wildman–Crippen LogP) is 13.3. The minimum atomic E-state index is 0.497. The Kier molecular flexibility index (Phi) is 23.6. The number of hydrogen-bond donors (Lipinski definition) is 0. The van der Waals surface area contributed by atoms with Gasteiger partial charge in [0.25, 0.3) is 0 Å². The van der Waals surface area contributed by atoms with Gasteiger partial charge < -0.3 is 0 Å². The van der Waals surface area contributed by atoms with Crippen LogP contribution in [0.4, 0.5) is 0 Å². The highest BCUT2D eigenvalue weighted by molar-refractivity contribution is 6.18. The molecule has 0 saturated carbocycles. The quantitative estimate of drug-likeness (QED) is 0.0641. The van der Waals surface area contributed by atoms with Gasteiger partial charge in [-0.25, -0.2) is 0 Å². The zero-order valence-corrected chi connectivity index (χ0v) is 28.2. The monoisotopic (exact) mass is 578 g/mol. The smallest absolute Gasteiger partial charge is 0.0965 e. The minimum Gasteiger partial charge on any atom is -0.0965 e. The van der Waals surface area contributed by atoms with Crippen LogP contribution in [0.5, 0.6) is 0 Å². The van der Waals surface area contributed by atoms with Crippen molar-refractivity contribution in [1.82, 2.24) is 0 Å². The van der Waals surface area contributed by atoms with E-state index >= 15 is 0 Å². The summed E-state index contributed by atoms with van der Waals surface area (Å²) in [6, 6.07) is 11.2. The van der Waals surface area contributed by atoms with Gasteiger partial charge >= 0.3 is 0 Å². The molecule has 0 bridgehead atoms. The van der Waals surface area contributed by atoms with Gasteiger partial charge in [0.15, 0.2) is 12.4 Å². The largest absolute Gasteiger partial charge is 0.244 e. The molecule has 2 nitrogen and oxygen atoms in total. The summed E-state index contributed by atoms with van der Waals surface area (Å²) >= 11 is 0. The maximum Gasteiger partial charge on any atom is 0.244 e. The van der Waals surface area contributed by atoms with E-state index in [1.807, 2.05) is 12.4 Å². The van der Waals surface area contributed by atoms with E-state index in [-0.39, 0.29) is 0 Å². The van der Waals surface area contributed by atoms with E-state index in [2.05, 4.69) is 44.2 Å². The molecule has 0 fully saturated rings. The van der Waals surface area contributed by atoms with Gasteiger partial charge in [0.2, 0.25) is 6.17 Å². The van der Waals surface area contributed by atoms with E-state index in [1.54, 1.807) is 0 Å². The maximum atomic E-state index is 4.74. The molecule has 1 aliphatic heterocycles. The van der Waals surface area contributed by atoms with Gasteiger partial charge in [-0.3, -0.25) is 0 Å². The molecule has 0 radical (unpaired) electrons. The number of hydrogen-bond acceptors (Lipinski definition) is 2. The van der Waals surface area contributed by atoms with E-state index < -0.39 is 0 Å². The Morgan fingerprint density at radius 2 is 0.857 bits per heavy atom. The molecule has 1 aromatic rings. The first-order valence-electron chi connectivity index (χ1n) is 18.8. The third-order valence-corrected chi connectivity index (χ3v) is 9.52. The summed E-state index contributed by atoms with van der Waals surface area (Å²) in [5.74, 6) is 1.14. The second kappa shape index (κ2) is 27.0. The maximum absolute atomic E-state index is 4.74. The van der Waals surface area contributed by atoms with Gasteiger partial charge in [0, 0.05) is 0 Å². The molecule has 0 amide bonds. The number of rotatable bonds is 30. The van der Waals surface area contributed by atoms with Crippen molar-refractivity contribution in [3.63, 3.8) is 0 Å². The average Bonchev–Trinajstić information content (AvgIpc) is 3.55. The molecular weight excluding hydrogens is 508 g/mol.